The predicted octanol–water partition coefficient (Wildman–Crippen LogP) is 3.53. The first kappa shape index (κ1) is 20.6. The minimum atomic E-state index is -0.607. The van der Waals surface area contributed by atoms with Crippen molar-refractivity contribution in [2.75, 3.05) is 7.11 Å². The molecule has 0 bridgehead atoms. The zero-order valence-electron chi connectivity index (χ0n) is 15.3. The van der Waals surface area contributed by atoms with Crippen molar-refractivity contribution in [1.29, 1.82) is 0 Å². The van der Waals surface area contributed by atoms with Gasteiger partial charge in [-0.2, -0.15) is 5.10 Å². The van der Waals surface area contributed by atoms with Crippen LogP contribution in [-0.2, 0) is 20.9 Å². The summed E-state index contributed by atoms with van der Waals surface area (Å²) in [5.74, 6) is -0.330. The molecular weight excluding hydrogens is 414 g/mol. The summed E-state index contributed by atoms with van der Waals surface area (Å²) < 4.78 is 10.2. The smallest absolute Gasteiger partial charge is 0.331 e. The standard InChI is InChI=1S/C20H16ClN3O4S/c1-27-18(25)10-17-19(26)23-20(29-17)24-22-11-13-6-8-15(9-7-13)28-12-14-4-2-3-5-16(14)21/h2-11H,12H2,1H3,(H,23,24,26)/b17-10+,22-11?. The number of hydrogen-bond acceptors (Lipinski definition) is 7. The van der Waals surface area contributed by atoms with Crippen molar-refractivity contribution in [1.82, 2.24) is 5.32 Å². The molecule has 0 aromatic heterocycles. The summed E-state index contributed by atoms with van der Waals surface area (Å²) in [6.07, 6.45) is 2.65. The second kappa shape index (κ2) is 9.90. The molecule has 1 fully saturated rings. The number of carbonyl (C=O) groups is 2. The number of hydrogen-bond donors (Lipinski definition) is 1. The first-order valence-electron chi connectivity index (χ1n) is 8.41. The molecule has 0 spiro atoms. The van der Waals surface area contributed by atoms with E-state index in [-0.39, 0.29) is 10.1 Å². The van der Waals surface area contributed by atoms with Crippen molar-refractivity contribution in [2.24, 2.45) is 10.2 Å². The van der Waals surface area contributed by atoms with Crippen LogP contribution in [0.3, 0.4) is 0 Å². The van der Waals surface area contributed by atoms with Gasteiger partial charge in [0.1, 0.15) is 12.4 Å². The molecule has 1 heterocycles. The lowest BCUT2D eigenvalue weighted by atomic mass is 10.2. The highest BCUT2D eigenvalue weighted by molar-refractivity contribution is 8.18. The number of methoxy groups -OCH3 is 1. The zero-order chi connectivity index (χ0) is 20.6. The second-order valence-electron chi connectivity index (χ2n) is 5.69. The number of amidine groups is 1. The third-order valence-corrected chi connectivity index (χ3v) is 4.96. The summed E-state index contributed by atoms with van der Waals surface area (Å²) in [6.45, 7) is 0.374. The van der Waals surface area contributed by atoms with Crippen molar-refractivity contribution in [3.63, 3.8) is 0 Å². The maximum absolute atomic E-state index is 11.7. The van der Waals surface area contributed by atoms with Crippen LogP contribution >= 0.6 is 23.4 Å². The van der Waals surface area contributed by atoms with E-state index in [0.717, 1.165) is 29.0 Å². The van der Waals surface area contributed by atoms with Crippen LogP contribution in [0, 0.1) is 0 Å². The average molecular weight is 430 g/mol. The number of benzene rings is 2. The number of thioether (sulfide) groups is 1. The SMILES string of the molecule is COC(=O)/C=C1/S/C(=N\N=Cc2ccc(OCc3ccccc3Cl)cc2)NC1=O. The summed E-state index contributed by atoms with van der Waals surface area (Å²) in [5.41, 5.74) is 1.71. The molecule has 1 saturated heterocycles. The van der Waals surface area contributed by atoms with Gasteiger partial charge in [0.25, 0.3) is 5.91 Å². The lowest BCUT2D eigenvalue weighted by Gasteiger charge is -2.07. The van der Waals surface area contributed by atoms with Gasteiger partial charge in [0.15, 0.2) is 5.17 Å². The van der Waals surface area contributed by atoms with Gasteiger partial charge in [-0.3, -0.25) is 10.1 Å². The Hall–Kier alpha value is -3.10. The summed E-state index contributed by atoms with van der Waals surface area (Å²) in [4.78, 5) is 23.1. The molecule has 0 unspecified atom stereocenters. The van der Waals surface area contributed by atoms with E-state index in [1.165, 1.54) is 7.11 Å². The largest absolute Gasteiger partial charge is 0.489 e. The molecule has 29 heavy (non-hydrogen) atoms. The number of rotatable bonds is 6. The molecule has 148 valence electrons. The molecule has 0 saturated carbocycles. The minimum absolute atomic E-state index is 0.200. The molecule has 1 aliphatic rings. The molecule has 0 radical (unpaired) electrons. The third-order valence-electron chi connectivity index (χ3n) is 3.69. The summed E-state index contributed by atoms with van der Waals surface area (Å²) in [6, 6.07) is 14.8. The van der Waals surface area contributed by atoms with E-state index >= 15 is 0 Å². The van der Waals surface area contributed by atoms with E-state index in [1.54, 1.807) is 6.21 Å². The van der Waals surface area contributed by atoms with Gasteiger partial charge in [-0.1, -0.05) is 29.8 Å². The first-order chi connectivity index (χ1) is 14.0. The highest BCUT2D eigenvalue weighted by Gasteiger charge is 2.24. The summed E-state index contributed by atoms with van der Waals surface area (Å²) in [7, 11) is 1.24. The van der Waals surface area contributed by atoms with Gasteiger partial charge < -0.3 is 9.47 Å². The Bertz CT molecular complexity index is 1000. The normalized spacial score (nSPS) is 16.4. The lowest BCUT2D eigenvalue weighted by Crippen LogP contribution is -2.19. The summed E-state index contributed by atoms with van der Waals surface area (Å²) >= 11 is 7.12. The van der Waals surface area contributed by atoms with Crippen molar-refractivity contribution in [2.45, 2.75) is 6.61 Å². The van der Waals surface area contributed by atoms with E-state index in [1.807, 2.05) is 48.5 Å². The monoisotopic (exact) mass is 429 g/mol. The number of ether oxygens (including phenoxy) is 2. The molecule has 1 N–H and O–H groups in total. The Balaban J connectivity index is 1.56. The Morgan fingerprint density at radius 2 is 1.97 bits per heavy atom. The van der Waals surface area contributed by atoms with E-state index in [4.69, 9.17) is 16.3 Å². The average Bonchev–Trinajstić information content (AvgIpc) is 3.07. The van der Waals surface area contributed by atoms with Crippen molar-refractivity contribution in [3.8, 4) is 5.75 Å². The number of amides is 1. The molecule has 3 rings (SSSR count). The topological polar surface area (TPSA) is 89.3 Å². The van der Waals surface area contributed by atoms with Gasteiger partial charge in [-0.25, -0.2) is 4.79 Å². The molecule has 1 amide bonds. The van der Waals surface area contributed by atoms with Crippen LogP contribution in [0.1, 0.15) is 11.1 Å². The molecule has 7 nitrogen and oxygen atoms in total. The third kappa shape index (κ3) is 5.94. The minimum Gasteiger partial charge on any atom is -0.489 e. The van der Waals surface area contributed by atoms with Crippen molar-refractivity contribution in [3.05, 3.63) is 75.7 Å². The fourth-order valence-corrected chi connectivity index (χ4v) is 3.14. The van der Waals surface area contributed by atoms with Gasteiger partial charge >= 0.3 is 5.97 Å². The second-order valence-corrected chi connectivity index (χ2v) is 7.12. The quantitative estimate of drug-likeness (QED) is 0.328. The van der Waals surface area contributed by atoms with Gasteiger partial charge in [0.2, 0.25) is 0 Å². The van der Waals surface area contributed by atoms with Gasteiger partial charge in [0, 0.05) is 16.7 Å². The van der Waals surface area contributed by atoms with E-state index in [0.29, 0.717) is 17.4 Å². The van der Waals surface area contributed by atoms with Crippen molar-refractivity contribution >= 4 is 46.6 Å². The molecule has 1 aliphatic heterocycles. The number of esters is 1. The zero-order valence-corrected chi connectivity index (χ0v) is 16.9. The van der Waals surface area contributed by atoms with E-state index < -0.39 is 11.9 Å². The molecule has 0 atom stereocenters. The fraction of sp³-hybridized carbons (Fsp3) is 0.100. The Morgan fingerprint density at radius 1 is 1.21 bits per heavy atom. The number of nitrogens with zero attached hydrogens (tertiary/aromatic N) is 2. The fourth-order valence-electron chi connectivity index (χ4n) is 2.22. The van der Waals surface area contributed by atoms with Gasteiger partial charge in [0.05, 0.1) is 18.2 Å². The van der Waals surface area contributed by atoms with Crippen LogP contribution < -0.4 is 10.1 Å². The Labute approximate surface area is 176 Å². The number of halogens is 1. The summed E-state index contributed by atoms with van der Waals surface area (Å²) in [5, 5.41) is 11.4. The van der Waals surface area contributed by atoms with Gasteiger partial charge in [-0.05, 0) is 47.7 Å². The maximum Gasteiger partial charge on any atom is 0.331 e. The Morgan fingerprint density at radius 3 is 2.69 bits per heavy atom. The van der Waals surface area contributed by atoms with Crippen LogP contribution in [0.15, 0.2) is 69.7 Å². The van der Waals surface area contributed by atoms with E-state index in [9.17, 15) is 9.59 Å². The number of nitrogens with one attached hydrogen (secondary N) is 1. The van der Waals surface area contributed by atoms with Gasteiger partial charge in [-0.15, -0.1) is 5.10 Å². The highest BCUT2D eigenvalue weighted by Crippen LogP contribution is 2.23. The van der Waals surface area contributed by atoms with Crippen molar-refractivity contribution < 1.29 is 19.1 Å². The Kier molecular flexibility index (Phi) is 7.04. The predicted molar refractivity (Wildman–Crippen MR) is 113 cm³/mol. The van der Waals surface area contributed by atoms with Crippen LogP contribution in [0.2, 0.25) is 5.02 Å². The van der Waals surface area contributed by atoms with Crippen LogP contribution in [0.5, 0.6) is 5.75 Å². The molecule has 0 aliphatic carbocycles. The van der Waals surface area contributed by atoms with Crippen LogP contribution in [0.25, 0.3) is 0 Å². The molecule has 9 heteroatoms. The molecular formula is C20H16ClN3O4S. The number of carbonyl (C=O) groups excluding carboxylic acids is 2. The highest BCUT2D eigenvalue weighted by atomic mass is 35.5. The van der Waals surface area contributed by atoms with E-state index in [2.05, 4.69) is 20.3 Å². The first-order valence-corrected chi connectivity index (χ1v) is 9.61. The maximum atomic E-state index is 11.7. The molecule has 2 aromatic rings. The lowest BCUT2D eigenvalue weighted by molar-refractivity contribution is -0.135. The van der Waals surface area contributed by atoms with Crippen LogP contribution in [-0.4, -0.2) is 30.4 Å². The van der Waals surface area contributed by atoms with Crippen LogP contribution in [0.4, 0.5) is 0 Å². The molecule has 2 aromatic carbocycles.